The summed E-state index contributed by atoms with van der Waals surface area (Å²) >= 11 is 0. The molecule has 0 saturated carbocycles. The Labute approximate surface area is 143 Å². The zero-order valence-electron chi connectivity index (χ0n) is 14.4. The van der Waals surface area contributed by atoms with Crippen molar-refractivity contribution < 1.29 is 37.6 Å². The Morgan fingerprint density at radius 1 is 1.16 bits per heavy atom. The maximum atomic E-state index is 13.5. The molecule has 144 valence electrons. The molecule has 0 aromatic heterocycles. The molecule has 25 heavy (non-hydrogen) atoms. The summed E-state index contributed by atoms with van der Waals surface area (Å²) in [6, 6.07) is -0.615. The third-order valence-corrected chi connectivity index (χ3v) is 3.12. The molecule has 5 nitrogen and oxygen atoms in total. The van der Waals surface area contributed by atoms with E-state index in [1.54, 1.807) is 0 Å². The molecule has 3 unspecified atom stereocenters. The summed E-state index contributed by atoms with van der Waals surface area (Å²) in [5.41, 5.74) is -1.08. The van der Waals surface area contributed by atoms with E-state index in [-0.39, 0.29) is 24.8 Å². The second-order valence-corrected chi connectivity index (χ2v) is 4.74. The van der Waals surface area contributed by atoms with Crippen molar-refractivity contribution in [2.24, 2.45) is 4.99 Å². The van der Waals surface area contributed by atoms with Gasteiger partial charge in [0.2, 0.25) is 6.29 Å². The molecule has 1 heterocycles. The molecule has 0 bridgehead atoms. The van der Waals surface area contributed by atoms with Crippen molar-refractivity contribution in [1.82, 2.24) is 0 Å². The number of aliphatic imine (C=N–C) groups is 1. The average molecular weight is 369 g/mol. The predicted molar refractivity (Wildman–Crippen MR) is 83.9 cm³/mol. The molecule has 0 radical (unpaired) electrons. The SMILES string of the molecule is CC.CC1=NC(CC(O)c2c(F)c(F)cc(F)c2F)CC(O)O1.CO. The lowest BCUT2D eigenvalue weighted by atomic mass is 9.98. The summed E-state index contributed by atoms with van der Waals surface area (Å²) < 4.78 is 58.1. The van der Waals surface area contributed by atoms with Crippen molar-refractivity contribution in [3.05, 3.63) is 34.9 Å². The third kappa shape index (κ3) is 6.26. The van der Waals surface area contributed by atoms with Crippen LogP contribution in [0.15, 0.2) is 11.1 Å². The highest BCUT2D eigenvalue weighted by Gasteiger charge is 2.29. The van der Waals surface area contributed by atoms with Crippen LogP contribution in [0.1, 0.15) is 45.3 Å². The first kappa shape index (κ1) is 23.3. The molecular weight excluding hydrogens is 346 g/mol. The molecule has 0 amide bonds. The lowest BCUT2D eigenvalue weighted by Gasteiger charge is -2.25. The Balaban J connectivity index is 0.00000134. The van der Waals surface area contributed by atoms with Crippen LogP contribution >= 0.6 is 0 Å². The van der Waals surface area contributed by atoms with E-state index in [2.05, 4.69) is 4.99 Å². The number of benzene rings is 1. The Morgan fingerprint density at radius 3 is 2.08 bits per heavy atom. The quantitative estimate of drug-likeness (QED) is 0.565. The van der Waals surface area contributed by atoms with E-state index in [0.29, 0.717) is 0 Å². The Bertz CT molecular complexity index is 557. The van der Waals surface area contributed by atoms with E-state index in [1.807, 2.05) is 13.8 Å². The molecular formula is C16H23F4NO4. The lowest BCUT2D eigenvalue weighted by molar-refractivity contribution is -0.0507. The van der Waals surface area contributed by atoms with Gasteiger partial charge >= 0.3 is 0 Å². The van der Waals surface area contributed by atoms with Gasteiger partial charge in [-0.3, -0.25) is 4.99 Å². The van der Waals surface area contributed by atoms with E-state index in [1.165, 1.54) is 6.92 Å². The monoisotopic (exact) mass is 369 g/mol. The molecule has 0 aliphatic carbocycles. The number of aliphatic hydroxyl groups is 3. The van der Waals surface area contributed by atoms with Crippen molar-refractivity contribution in [3.63, 3.8) is 0 Å². The van der Waals surface area contributed by atoms with Crippen LogP contribution in [-0.4, -0.2) is 40.7 Å². The molecule has 9 heteroatoms. The van der Waals surface area contributed by atoms with Crippen molar-refractivity contribution in [1.29, 1.82) is 0 Å². The first-order valence-electron chi connectivity index (χ1n) is 7.64. The first-order chi connectivity index (χ1) is 11.8. The normalized spacial score (nSPS) is 20.2. The molecule has 0 saturated heterocycles. The van der Waals surface area contributed by atoms with Crippen LogP contribution in [0.3, 0.4) is 0 Å². The van der Waals surface area contributed by atoms with Gasteiger partial charge in [0.05, 0.1) is 17.7 Å². The second-order valence-electron chi connectivity index (χ2n) is 4.74. The van der Waals surface area contributed by atoms with Gasteiger partial charge in [0.1, 0.15) is 0 Å². The zero-order valence-corrected chi connectivity index (χ0v) is 14.4. The Hall–Kier alpha value is -1.71. The van der Waals surface area contributed by atoms with Crippen LogP contribution in [0.4, 0.5) is 17.6 Å². The predicted octanol–water partition coefficient (Wildman–Crippen LogP) is 2.83. The number of hydrogen-bond acceptors (Lipinski definition) is 5. The number of aliphatic hydroxyl groups excluding tert-OH is 3. The maximum absolute atomic E-state index is 13.5. The minimum Gasteiger partial charge on any atom is -0.453 e. The summed E-state index contributed by atoms with van der Waals surface area (Å²) in [5, 5.41) is 26.2. The van der Waals surface area contributed by atoms with Gasteiger partial charge in [0.15, 0.2) is 29.2 Å². The Morgan fingerprint density at radius 2 is 1.64 bits per heavy atom. The van der Waals surface area contributed by atoms with Crippen molar-refractivity contribution in [2.45, 2.75) is 52.0 Å². The topological polar surface area (TPSA) is 82.3 Å². The molecule has 1 aromatic rings. The van der Waals surface area contributed by atoms with Gasteiger partial charge in [-0.1, -0.05) is 13.8 Å². The van der Waals surface area contributed by atoms with Crippen molar-refractivity contribution in [2.75, 3.05) is 7.11 Å². The third-order valence-electron chi connectivity index (χ3n) is 3.12. The molecule has 3 N–H and O–H groups in total. The average Bonchev–Trinajstić information content (AvgIpc) is 2.56. The van der Waals surface area contributed by atoms with Gasteiger partial charge in [0.25, 0.3) is 0 Å². The van der Waals surface area contributed by atoms with E-state index < -0.39 is 47.3 Å². The van der Waals surface area contributed by atoms with E-state index in [4.69, 9.17) is 9.84 Å². The fraction of sp³-hybridized carbons (Fsp3) is 0.562. The summed E-state index contributed by atoms with van der Waals surface area (Å²) in [4.78, 5) is 3.94. The number of halogens is 4. The summed E-state index contributed by atoms with van der Waals surface area (Å²) in [6.45, 7) is 5.46. The van der Waals surface area contributed by atoms with E-state index >= 15 is 0 Å². The second kappa shape index (κ2) is 11.0. The molecule has 1 aliphatic rings. The van der Waals surface area contributed by atoms with Crippen LogP contribution < -0.4 is 0 Å². The smallest absolute Gasteiger partial charge is 0.200 e. The molecule has 1 aliphatic heterocycles. The van der Waals surface area contributed by atoms with Crippen molar-refractivity contribution in [3.8, 4) is 0 Å². The highest BCUT2D eigenvalue weighted by atomic mass is 19.2. The fourth-order valence-corrected chi connectivity index (χ4v) is 2.23. The van der Waals surface area contributed by atoms with E-state index in [0.717, 1.165) is 7.11 Å². The van der Waals surface area contributed by atoms with Gasteiger partial charge < -0.3 is 20.1 Å². The molecule has 0 fully saturated rings. The van der Waals surface area contributed by atoms with Crippen LogP contribution in [0.2, 0.25) is 0 Å². The van der Waals surface area contributed by atoms with Gasteiger partial charge in [-0.2, -0.15) is 0 Å². The molecule has 3 atom stereocenters. The Kier molecular flexibility index (Phi) is 10.3. The van der Waals surface area contributed by atoms with Gasteiger partial charge in [-0.25, -0.2) is 17.6 Å². The minimum atomic E-state index is -1.80. The van der Waals surface area contributed by atoms with Gasteiger partial charge in [0, 0.05) is 32.9 Å². The molecule has 2 rings (SSSR count). The maximum Gasteiger partial charge on any atom is 0.200 e. The highest BCUT2D eigenvalue weighted by molar-refractivity contribution is 5.73. The summed E-state index contributed by atoms with van der Waals surface area (Å²) in [6.07, 6.45) is -3.27. The zero-order chi connectivity index (χ0) is 19.7. The van der Waals surface area contributed by atoms with Gasteiger partial charge in [-0.05, 0) is 0 Å². The van der Waals surface area contributed by atoms with E-state index in [9.17, 15) is 27.8 Å². The van der Waals surface area contributed by atoms with Crippen LogP contribution in [0.25, 0.3) is 0 Å². The first-order valence-corrected chi connectivity index (χ1v) is 7.64. The number of hydrogen-bond donors (Lipinski definition) is 3. The standard InChI is InChI=1S/C13H13F4NO3.C2H6.CH4O/c1-5-18-6(3-10(20)21-5)2-9(19)11-12(16)7(14)4-8(15)13(11)17;2*1-2/h4,6,9-10,19-20H,2-3H2,1H3;1-2H3;2H,1H3. The van der Waals surface area contributed by atoms with Gasteiger partial charge in [-0.15, -0.1) is 0 Å². The highest BCUT2D eigenvalue weighted by Crippen LogP contribution is 2.30. The van der Waals surface area contributed by atoms with Crippen LogP contribution in [0, 0.1) is 23.3 Å². The number of ether oxygens (including phenoxy) is 1. The number of nitrogens with zero attached hydrogens (tertiary/aromatic N) is 1. The van der Waals surface area contributed by atoms with Crippen LogP contribution in [-0.2, 0) is 4.74 Å². The molecule has 0 spiro atoms. The van der Waals surface area contributed by atoms with Crippen LogP contribution in [0.5, 0.6) is 0 Å². The largest absolute Gasteiger partial charge is 0.453 e. The minimum absolute atomic E-state index is 0.00453. The molecule has 1 aromatic carbocycles. The fourth-order valence-electron chi connectivity index (χ4n) is 2.23. The lowest BCUT2D eigenvalue weighted by Crippen LogP contribution is -2.29. The summed E-state index contributed by atoms with van der Waals surface area (Å²) in [5.74, 6) is -6.31. The number of rotatable bonds is 3. The summed E-state index contributed by atoms with van der Waals surface area (Å²) in [7, 11) is 1.00. The van der Waals surface area contributed by atoms with Crippen molar-refractivity contribution >= 4 is 5.90 Å².